The number of fused-ring (bicyclic) bond motifs is 1. The van der Waals surface area contributed by atoms with Gasteiger partial charge in [0.2, 0.25) is 0 Å². The third kappa shape index (κ3) is 3.78. The highest BCUT2D eigenvalue weighted by atomic mass is 35.5. The van der Waals surface area contributed by atoms with Gasteiger partial charge < -0.3 is 14.7 Å². The summed E-state index contributed by atoms with van der Waals surface area (Å²) in [6.45, 7) is 1.35. The number of carboxylic acids is 1. The molecule has 6 heteroatoms. The molecule has 1 aromatic carbocycles. The SMILES string of the molecule is O=C(O)CC[C@H]1CCCN(C(=O)[C@@H]2Cc3cc(Cl)ccc3O2)C1. The molecule has 124 valence electrons. The van der Waals surface area contributed by atoms with Crippen LogP contribution in [0.15, 0.2) is 18.2 Å². The maximum Gasteiger partial charge on any atom is 0.303 e. The predicted octanol–water partition coefficient (Wildman–Crippen LogP) is 2.75. The van der Waals surface area contributed by atoms with Crippen molar-refractivity contribution in [3.05, 3.63) is 28.8 Å². The number of hydrogen-bond donors (Lipinski definition) is 1. The summed E-state index contributed by atoms with van der Waals surface area (Å²) < 4.78 is 5.77. The lowest BCUT2D eigenvalue weighted by Crippen LogP contribution is -2.46. The Bertz CT molecular complexity index is 619. The fourth-order valence-electron chi connectivity index (χ4n) is 3.39. The van der Waals surface area contributed by atoms with Gasteiger partial charge >= 0.3 is 5.97 Å². The minimum atomic E-state index is -0.778. The summed E-state index contributed by atoms with van der Waals surface area (Å²) in [6, 6.07) is 5.41. The van der Waals surface area contributed by atoms with Crippen molar-refractivity contribution in [3.63, 3.8) is 0 Å². The van der Waals surface area contributed by atoms with E-state index in [1.807, 2.05) is 11.0 Å². The van der Waals surface area contributed by atoms with Gasteiger partial charge in [0.15, 0.2) is 6.10 Å². The number of carbonyl (C=O) groups excluding carboxylic acids is 1. The van der Waals surface area contributed by atoms with Crippen LogP contribution in [0.4, 0.5) is 0 Å². The standard InChI is InChI=1S/C17H20ClNO4/c18-13-4-5-14-12(8-13)9-15(23-14)17(22)19-7-1-2-11(10-19)3-6-16(20)21/h4-5,8,11,15H,1-3,6-7,9-10H2,(H,20,21)/t11-,15+/m1/s1. The molecule has 23 heavy (non-hydrogen) atoms. The average molecular weight is 338 g/mol. The Hall–Kier alpha value is -1.75. The van der Waals surface area contributed by atoms with Gasteiger partial charge in [0.25, 0.3) is 5.91 Å². The summed E-state index contributed by atoms with van der Waals surface area (Å²) in [6.07, 6.45) is 2.75. The molecule has 0 radical (unpaired) electrons. The number of hydrogen-bond acceptors (Lipinski definition) is 3. The molecule has 0 aromatic heterocycles. The monoisotopic (exact) mass is 337 g/mol. The average Bonchev–Trinajstić information content (AvgIpc) is 2.95. The van der Waals surface area contributed by atoms with E-state index in [2.05, 4.69) is 0 Å². The Labute approximate surface area is 140 Å². The number of halogens is 1. The molecule has 1 N–H and O–H groups in total. The first-order chi connectivity index (χ1) is 11.0. The van der Waals surface area contributed by atoms with Crippen LogP contribution in [0.5, 0.6) is 5.75 Å². The molecule has 0 bridgehead atoms. The largest absolute Gasteiger partial charge is 0.481 e. The van der Waals surface area contributed by atoms with E-state index in [0.29, 0.717) is 24.4 Å². The summed E-state index contributed by atoms with van der Waals surface area (Å²) in [5.41, 5.74) is 0.968. The molecule has 1 amide bonds. The smallest absolute Gasteiger partial charge is 0.303 e. The summed E-state index contributed by atoms with van der Waals surface area (Å²) in [7, 11) is 0. The van der Waals surface area contributed by atoms with E-state index in [1.54, 1.807) is 12.1 Å². The lowest BCUT2D eigenvalue weighted by atomic mass is 9.93. The lowest BCUT2D eigenvalue weighted by molar-refractivity contribution is -0.140. The third-order valence-corrected chi connectivity index (χ3v) is 4.80. The fraction of sp³-hybridized carbons (Fsp3) is 0.529. The van der Waals surface area contributed by atoms with E-state index in [1.165, 1.54) is 0 Å². The Morgan fingerprint density at radius 1 is 1.39 bits per heavy atom. The highest BCUT2D eigenvalue weighted by Crippen LogP contribution is 2.32. The van der Waals surface area contributed by atoms with Crippen LogP contribution in [-0.4, -0.2) is 41.1 Å². The Kier molecular flexibility index (Phi) is 4.76. The minimum absolute atomic E-state index is 0.00246. The van der Waals surface area contributed by atoms with E-state index >= 15 is 0 Å². The highest BCUT2D eigenvalue weighted by molar-refractivity contribution is 6.30. The first-order valence-corrected chi connectivity index (χ1v) is 8.36. The quantitative estimate of drug-likeness (QED) is 0.917. The molecule has 2 heterocycles. The first kappa shape index (κ1) is 16.1. The number of piperidine rings is 1. The highest BCUT2D eigenvalue weighted by Gasteiger charge is 2.34. The van der Waals surface area contributed by atoms with Crippen LogP contribution in [0, 0.1) is 5.92 Å². The van der Waals surface area contributed by atoms with Crippen molar-refractivity contribution in [1.82, 2.24) is 4.90 Å². The van der Waals surface area contributed by atoms with Gasteiger partial charge in [-0.3, -0.25) is 9.59 Å². The van der Waals surface area contributed by atoms with Gasteiger partial charge in [-0.1, -0.05) is 11.6 Å². The van der Waals surface area contributed by atoms with Gasteiger partial charge in [0, 0.05) is 31.0 Å². The molecule has 1 fully saturated rings. The van der Waals surface area contributed by atoms with Crippen LogP contribution in [-0.2, 0) is 16.0 Å². The molecule has 5 nitrogen and oxygen atoms in total. The molecule has 2 aliphatic heterocycles. The van der Waals surface area contributed by atoms with Crippen molar-refractivity contribution < 1.29 is 19.4 Å². The number of amides is 1. The second kappa shape index (κ2) is 6.79. The second-order valence-electron chi connectivity index (χ2n) is 6.29. The topological polar surface area (TPSA) is 66.8 Å². The number of aliphatic carboxylic acids is 1. The predicted molar refractivity (Wildman–Crippen MR) is 85.7 cm³/mol. The zero-order chi connectivity index (χ0) is 16.4. The Morgan fingerprint density at radius 2 is 2.22 bits per heavy atom. The van der Waals surface area contributed by atoms with Crippen LogP contribution < -0.4 is 4.74 Å². The van der Waals surface area contributed by atoms with Crippen LogP contribution >= 0.6 is 11.6 Å². The molecule has 1 saturated heterocycles. The Balaban J connectivity index is 1.59. The summed E-state index contributed by atoms with van der Waals surface area (Å²) in [5.74, 6) is 0.214. The van der Waals surface area contributed by atoms with Crippen molar-refractivity contribution >= 4 is 23.5 Å². The molecule has 2 aliphatic rings. The normalized spacial score (nSPS) is 23.3. The van der Waals surface area contributed by atoms with Crippen molar-refractivity contribution in [2.24, 2.45) is 5.92 Å². The molecule has 0 unspecified atom stereocenters. The molecule has 0 spiro atoms. The molecule has 3 rings (SSSR count). The zero-order valence-electron chi connectivity index (χ0n) is 12.8. The number of ether oxygens (including phenoxy) is 1. The molecule has 0 saturated carbocycles. The Morgan fingerprint density at radius 3 is 3.00 bits per heavy atom. The number of nitrogens with zero attached hydrogens (tertiary/aromatic N) is 1. The van der Waals surface area contributed by atoms with Gasteiger partial charge in [-0.15, -0.1) is 0 Å². The number of benzene rings is 1. The fourth-order valence-corrected chi connectivity index (χ4v) is 3.58. The molecule has 2 atom stereocenters. The molecular formula is C17H20ClNO4. The van der Waals surface area contributed by atoms with Crippen molar-refractivity contribution in [2.75, 3.05) is 13.1 Å². The number of carbonyl (C=O) groups is 2. The summed E-state index contributed by atoms with van der Waals surface area (Å²) >= 11 is 5.98. The van der Waals surface area contributed by atoms with Crippen LogP contribution in [0.2, 0.25) is 5.02 Å². The number of carboxylic acid groups (broad SMARTS) is 1. The second-order valence-corrected chi connectivity index (χ2v) is 6.72. The van der Waals surface area contributed by atoms with Crippen LogP contribution in [0.3, 0.4) is 0 Å². The van der Waals surface area contributed by atoms with Gasteiger partial charge in [-0.05, 0) is 48.9 Å². The summed E-state index contributed by atoms with van der Waals surface area (Å²) in [5, 5.41) is 9.45. The number of likely N-dealkylation sites (tertiary alicyclic amines) is 1. The van der Waals surface area contributed by atoms with Crippen molar-refractivity contribution in [3.8, 4) is 5.75 Å². The zero-order valence-corrected chi connectivity index (χ0v) is 13.6. The van der Waals surface area contributed by atoms with E-state index in [4.69, 9.17) is 21.4 Å². The van der Waals surface area contributed by atoms with Crippen LogP contribution in [0.25, 0.3) is 0 Å². The van der Waals surface area contributed by atoms with E-state index < -0.39 is 12.1 Å². The maximum atomic E-state index is 12.7. The van der Waals surface area contributed by atoms with E-state index in [0.717, 1.165) is 30.7 Å². The third-order valence-electron chi connectivity index (χ3n) is 4.57. The molecular weight excluding hydrogens is 318 g/mol. The first-order valence-electron chi connectivity index (χ1n) is 7.98. The maximum absolute atomic E-state index is 12.7. The van der Waals surface area contributed by atoms with Gasteiger partial charge in [0.1, 0.15) is 5.75 Å². The van der Waals surface area contributed by atoms with Crippen molar-refractivity contribution in [2.45, 2.75) is 38.2 Å². The van der Waals surface area contributed by atoms with E-state index in [9.17, 15) is 9.59 Å². The number of rotatable bonds is 4. The van der Waals surface area contributed by atoms with Gasteiger partial charge in [-0.25, -0.2) is 0 Å². The molecule has 0 aliphatic carbocycles. The lowest BCUT2D eigenvalue weighted by Gasteiger charge is -2.34. The van der Waals surface area contributed by atoms with E-state index in [-0.39, 0.29) is 18.2 Å². The van der Waals surface area contributed by atoms with Crippen molar-refractivity contribution in [1.29, 1.82) is 0 Å². The summed E-state index contributed by atoms with van der Waals surface area (Å²) in [4.78, 5) is 25.2. The van der Waals surface area contributed by atoms with Crippen LogP contribution in [0.1, 0.15) is 31.2 Å². The minimum Gasteiger partial charge on any atom is -0.481 e. The van der Waals surface area contributed by atoms with Gasteiger partial charge in [-0.2, -0.15) is 0 Å². The van der Waals surface area contributed by atoms with Gasteiger partial charge in [0.05, 0.1) is 0 Å². The molecule has 1 aromatic rings.